The van der Waals surface area contributed by atoms with E-state index in [9.17, 15) is 4.79 Å². The molecule has 2 N–H and O–H groups in total. The lowest BCUT2D eigenvalue weighted by atomic mass is 10.2. The molecule has 0 radical (unpaired) electrons. The van der Waals surface area contributed by atoms with Crippen LogP contribution in [0.3, 0.4) is 0 Å². The first-order chi connectivity index (χ1) is 13.6. The largest absolute Gasteiger partial charge is 0.457 e. The molecule has 4 aromatic rings. The number of aryl methyl sites for hydroxylation is 1. The molecule has 0 unspecified atom stereocenters. The van der Waals surface area contributed by atoms with Crippen LogP contribution in [0.4, 0.5) is 5.82 Å². The van der Waals surface area contributed by atoms with Gasteiger partial charge in [0.1, 0.15) is 24.4 Å². The third-order valence-corrected chi connectivity index (χ3v) is 4.40. The normalized spacial score (nSPS) is 11.2. The number of aromatic amines is 1. The highest BCUT2D eigenvalue weighted by Crippen LogP contribution is 2.31. The van der Waals surface area contributed by atoms with Crippen molar-refractivity contribution in [3.8, 4) is 11.4 Å². The molecule has 0 atom stereocenters. The highest BCUT2D eigenvalue weighted by atomic mass is 16.6. The van der Waals surface area contributed by atoms with Crippen LogP contribution in [0.2, 0.25) is 0 Å². The van der Waals surface area contributed by atoms with Gasteiger partial charge in [-0.05, 0) is 18.2 Å². The number of aromatic nitrogens is 5. The van der Waals surface area contributed by atoms with Gasteiger partial charge in [-0.1, -0.05) is 6.07 Å². The van der Waals surface area contributed by atoms with Gasteiger partial charge in [0, 0.05) is 26.6 Å². The SMILES string of the molecule is CNc1nc2[nH]c(-c3cccc(COC(=O)COC)n3)cc2c2c1ncn2C. The van der Waals surface area contributed by atoms with E-state index in [4.69, 9.17) is 9.47 Å². The molecule has 4 rings (SSSR count). The molecule has 0 aliphatic heterocycles. The average molecular weight is 380 g/mol. The van der Waals surface area contributed by atoms with E-state index in [-0.39, 0.29) is 13.2 Å². The second-order valence-electron chi connectivity index (χ2n) is 6.32. The summed E-state index contributed by atoms with van der Waals surface area (Å²) >= 11 is 0. The summed E-state index contributed by atoms with van der Waals surface area (Å²) < 4.78 is 11.9. The Bertz CT molecular complexity index is 1160. The topological polar surface area (TPSA) is 107 Å². The van der Waals surface area contributed by atoms with Crippen LogP contribution in [0, 0.1) is 0 Å². The second-order valence-corrected chi connectivity index (χ2v) is 6.32. The van der Waals surface area contributed by atoms with Gasteiger partial charge in [0.25, 0.3) is 0 Å². The lowest BCUT2D eigenvalue weighted by Gasteiger charge is -2.05. The first-order valence-corrected chi connectivity index (χ1v) is 8.73. The van der Waals surface area contributed by atoms with Crippen LogP contribution < -0.4 is 5.32 Å². The second kappa shape index (κ2) is 7.28. The number of nitrogens with zero attached hydrogens (tertiary/aromatic N) is 4. The molecule has 0 spiro atoms. The average Bonchev–Trinajstić information content (AvgIpc) is 3.30. The van der Waals surface area contributed by atoms with Crippen LogP contribution in [0.15, 0.2) is 30.6 Å². The van der Waals surface area contributed by atoms with Crippen LogP contribution in [0.1, 0.15) is 5.69 Å². The summed E-state index contributed by atoms with van der Waals surface area (Å²) in [6.45, 7) is 0.00622. The molecule has 0 aromatic carbocycles. The number of hydrogen-bond donors (Lipinski definition) is 2. The number of H-pyrrole nitrogens is 1. The fraction of sp³-hybridized carbons (Fsp3) is 0.263. The Morgan fingerprint density at radius 2 is 2.18 bits per heavy atom. The Balaban J connectivity index is 1.72. The number of rotatable bonds is 6. The molecule has 0 saturated heterocycles. The molecule has 28 heavy (non-hydrogen) atoms. The zero-order valence-electron chi connectivity index (χ0n) is 15.8. The molecule has 144 valence electrons. The zero-order chi connectivity index (χ0) is 19.7. The highest BCUT2D eigenvalue weighted by Gasteiger charge is 2.15. The van der Waals surface area contributed by atoms with Gasteiger partial charge in [-0.2, -0.15) is 0 Å². The quantitative estimate of drug-likeness (QED) is 0.494. The molecule has 0 aliphatic rings. The summed E-state index contributed by atoms with van der Waals surface area (Å²) in [6, 6.07) is 7.59. The van der Waals surface area contributed by atoms with E-state index in [0.717, 1.165) is 33.5 Å². The number of carbonyl (C=O) groups is 1. The van der Waals surface area contributed by atoms with Crippen molar-refractivity contribution < 1.29 is 14.3 Å². The number of imidazole rings is 1. The number of carbonyl (C=O) groups excluding carboxylic acids is 1. The van der Waals surface area contributed by atoms with E-state index < -0.39 is 5.97 Å². The molecule has 0 saturated carbocycles. The number of fused-ring (bicyclic) bond motifs is 3. The zero-order valence-corrected chi connectivity index (χ0v) is 15.8. The van der Waals surface area contributed by atoms with Gasteiger partial charge in [-0.25, -0.2) is 19.7 Å². The molecule has 0 aliphatic carbocycles. The molecule has 4 aromatic heterocycles. The lowest BCUT2D eigenvalue weighted by Crippen LogP contribution is -2.11. The number of anilines is 1. The Hall–Kier alpha value is -3.46. The van der Waals surface area contributed by atoms with Crippen molar-refractivity contribution in [3.63, 3.8) is 0 Å². The van der Waals surface area contributed by atoms with Gasteiger partial charge in [-0.15, -0.1) is 0 Å². The van der Waals surface area contributed by atoms with Crippen molar-refractivity contribution in [2.75, 3.05) is 26.1 Å². The molecular formula is C19H20N6O3. The fourth-order valence-corrected chi connectivity index (χ4v) is 3.13. The summed E-state index contributed by atoms with van der Waals surface area (Å²) in [6.07, 6.45) is 1.77. The van der Waals surface area contributed by atoms with Gasteiger partial charge < -0.3 is 24.3 Å². The van der Waals surface area contributed by atoms with Gasteiger partial charge in [0.15, 0.2) is 5.82 Å². The van der Waals surface area contributed by atoms with E-state index in [1.807, 2.05) is 42.9 Å². The Labute approximate surface area is 160 Å². The van der Waals surface area contributed by atoms with E-state index in [1.165, 1.54) is 7.11 Å². The van der Waals surface area contributed by atoms with Crippen LogP contribution in [-0.2, 0) is 27.9 Å². The van der Waals surface area contributed by atoms with Crippen molar-refractivity contribution in [1.82, 2.24) is 24.5 Å². The summed E-state index contributed by atoms with van der Waals surface area (Å²) in [4.78, 5) is 28.5. The Morgan fingerprint density at radius 1 is 1.32 bits per heavy atom. The van der Waals surface area contributed by atoms with Crippen LogP contribution in [0.25, 0.3) is 33.5 Å². The standard InChI is InChI=1S/C19H20N6O3/c1-20-19-16-17(25(2)10-21-16)12-7-14(23-18(12)24-19)13-6-4-5-11(22-13)8-28-15(26)9-27-3/h4-7,10H,8-9H2,1-3H3,(H2,20,23,24). The molecule has 9 heteroatoms. The molecule has 4 heterocycles. The maximum atomic E-state index is 11.5. The predicted octanol–water partition coefficient (Wildman–Crippen LogP) is 2.24. The van der Waals surface area contributed by atoms with Crippen molar-refractivity contribution in [2.24, 2.45) is 7.05 Å². The highest BCUT2D eigenvalue weighted by molar-refractivity contribution is 6.07. The van der Waals surface area contributed by atoms with E-state index in [0.29, 0.717) is 11.5 Å². The first-order valence-electron chi connectivity index (χ1n) is 8.73. The lowest BCUT2D eigenvalue weighted by molar-refractivity contribution is -0.149. The number of nitrogens with one attached hydrogen (secondary N) is 2. The van der Waals surface area contributed by atoms with Crippen molar-refractivity contribution >= 4 is 33.9 Å². The summed E-state index contributed by atoms with van der Waals surface area (Å²) in [5.74, 6) is 0.283. The number of esters is 1. The summed E-state index contributed by atoms with van der Waals surface area (Å²) in [7, 11) is 5.22. The Morgan fingerprint density at radius 3 is 2.96 bits per heavy atom. The van der Waals surface area contributed by atoms with Crippen LogP contribution in [-0.4, -0.2) is 51.2 Å². The molecule has 0 bridgehead atoms. The van der Waals surface area contributed by atoms with Crippen molar-refractivity contribution in [1.29, 1.82) is 0 Å². The van der Waals surface area contributed by atoms with Crippen molar-refractivity contribution in [2.45, 2.75) is 6.61 Å². The fourth-order valence-electron chi connectivity index (χ4n) is 3.13. The number of ether oxygens (including phenoxy) is 2. The van der Waals surface area contributed by atoms with Gasteiger partial charge >= 0.3 is 5.97 Å². The van der Waals surface area contributed by atoms with Gasteiger partial charge in [0.05, 0.1) is 28.9 Å². The maximum absolute atomic E-state index is 11.5. The molecule has 0 fully saturated rings. The number of methoxy groups -OCH3 is 1. The minimum atomic E-state index is -0.428. The monoisotopic (exact) mass is 380 g/mol. The Kier molecular flexibility index (Phi) is 4.66. The van der Waals surface area contributed by atoms with Crippen LogP contribution >= 0.6 is 0 Å². The first kappa shape index (κ1) is 17.9. The van der Waals surface area contributed by atoms with E-state index in [2.05, 4.69) is 25.3 Å². The summed E-state index contributed by atoms with van der Waals surface area (Å²) in [5, 5.41) is 4.05. The van der Waals surface area contributed by atoms with Crippen LogP contribution in [0.5, 0.6) is 0 Å². The van der Waals surface area contributed by atoms with Crippen molar-refractivity contribution in [3.05, 3.63) is 36.3 Å². The molecule has 9 nitrogen and oxygen atoms in total. The third kappa shape index (κ3) is 3.16. The predicted molar refractivity (Wildman–Crippen MR) is 105 cm³/mol. The van der Waals surface area contributed by atoms with Gasteiger partial charge in [-0.3, -0.25) is 0 Å². The van der Waals surface area contributed by atoms with Gasteiger partial charge in [0.2, 0.25) is 0 Å². The minimum Gasteiger partial charge on any atom is -0.457 e. The molecule has 0 amide bonds. The van der Waals surface area contributed by atoms with E-state index >= 15 is 0 Å². The minimum absolute atomic E-state index is 0.0815. The summed E-state index contributed by atoms with van der Waals surface area (Å²) in [5.41, 5.74) is 4.75. The number of pyridine rings is 2. The smallest absolute Gasteiger partial charge is 0.332 e. The maximum Gasteiger partial charge on any atom is 0.332 e. The van der Waals surface area contributed by atoms with E-state index in [1.54, 1.807) is 6.33 Å². The third-order valence-electron chi connectivity index (χ3n) is 4.40. The molecular weight excluding hydrogens is 360 g/mol. The number of hydrogen-bond acceptors (Lipinski definition) is 7.